The zero-order valence-electron chi connectivity index (χ0n) is 17.1. The fourth-order valence-electron chi connectivity index (χ4n) is 4.45. The molecule has 0 atom stereocenters. The number of phenolic OH excluding ortho intramolecular Hbond substituents is 1. The van der Waals surface area contributed by atoms with E-state index in [0.29, 0.717) is 23.7 Å². The van der Waals surface area contributed by atoms with Gasteiger partial charge in [0.15, 0.2) is 5.65 Å². The summed E-state index contributed by atoms with van der Waals surface area (Å²) in [6.07, 6.45) is 7.88. The third-order valence-electron chi connectivity index (χ3n) is 6.12. The fraction of sp³-hybridized carbons (Fsp3) is 0.280. The van der Waals surface area contributed by atoms with E-state index >= 15 is 0 Å². The second-order valence-electron chi connectivity index (χ2n) is 8.35. The maximum absolute atomic E-state index is 13.3. The average Bonchev–Trinajstić information content (AvgIpc) is 3.39. The Morgan fingerprint density at radius 2 is 1.61 bits per heavy atom. The van der Waals surface area contributed by atoms with Gasteiger partial charge in [0, 0.05) is 18.2 Å². The van der Waals surface area contributed by atoms with E-state index in [4.69, 9.17) is 9.97 Å². The van der Waals surface area contributed by atoms with Gasteiger partial charge in [0.1, 0.15) is 17.3 Å². The average molecular weight is 417 g/mol. The first-order valence-electron chi connectivity index (χ1n) is 10.7. The summed E-state index contributed by atoms with van der Waals surface area (Å²) < 4.78 is 15.0. The predicted molar refractivity (Wildman–Crippen MR) is 117 cm³/mol. The van der Waals surface area contributed by atoms with Crippen LogP contribution in [-0.4, -0.2) is 24.6 Å². The summed E-state index contributed by atoms with van der Waals surface area (Å²) in [5.41, 5.74) is 4.55. The van der Waals surface area contributed by atoms with Crippen LogP contribution in [0.4, 0.5) is 4.39 Å². The Hall–Kier alpha value is -3.41. The van der Waals surface area contributed by atoms with Crippen molar-refractivity contribution in [3.8, 4) is 22.9 Å². The van der Waals surface area contributed by atoms with Gasteiger partial charge in [0.2, 0.25) is 5.88 Å². The van der Waals surface area contributed by atoms with E-state index < -0.39 is 0 Å². The number of nitrogens with zero attached hydrogens (tertiary/aromatic N) is 3. The normalized spacial score (nSPS) is 14.5. The van der Waals surface area contributed by atoms with Gasteiger partial charge in [-0.25, -0.2) is 14.4 Å². The number of hydrogen-bond acceptors (Lipinski definition) is 4. The molecule has 2 heterocycles. The van der Waals surface area contributed by atoms with Crippen LogP contribution in [0, 0.1) is 11.7 Å². The molecule has 2 aromatic carbocycles. The molecular weight excluding hydrogens is 393 g/mol. The molecule has 31 heavy (non-hydrogen) atoms. The van der Waals surface area contributed by atoms with Gasteiger partial charge in [-0.15, -0.1) is 0 Å². The quantitative estimate of drug-likeness (QED) is 0.464. The second kappa shape index (κ2) is 8.02. The molecule has 0 bridgehead atoms. The van der Waals surface area contributed by atoms with Crippen LogP contribution in [0.5, 0.6) is 11.6 Å². The van der Waals surface area contributed by atoms with Gasteiger partial charge in [0.05, 0.1) is 11.4 Å². The lowest BCUT2D eigenvalue weighted by atomic mass is 10.0. The largest absolute Gasteiger partial charge is 0.508 e. The Bertz CT molecular complexity index is 1210. The number of aromatic hydroxyl groups is 2. The summed E-state index contributed by atoms with van der Waals surface area (Å²) in [6.45, 7) is 0. The van der Waals surface area contributed by atoms with Crippen molar-refractivity contribution in [3.05, 3.63) is 77.5 Å². The molecule has 0 amide bonds. The molecule has 158 valence electrons. The standard InChI is InChI=1S/C25H24FN3O2/c26-19-9-5-17(6-10-19)14-22-25(31)29-15-23(18-7-11-20(30)12-8-18)27-21(24(29)28-22)13-16-3-1-2-4-16/h5-12,15-16,30-31H,1-4,13-14H2. The lowest BCUT2D eigenvalue weighted by molar-refractivity contribution is 0.442. The van der Waals surface area contributed by atoms with Crippen molar-refractivity contribution in [2.24, 2.45) is 5.92 Å². The number of halogens is 1. The minimum absolute atomic E-state index is 0.0782. The fourth-order valence-corrected chi connectivity index (χ4v) is 4.45. The van der Waals surface area contributed by atoms with Crippen molar-refractivity contribution < 1.29 is 14.6 Å². The number of imidazole rings is 1. The van der Waals surface area contributed by atoms with E-state index in [1.807, 2.05) is 12.1 Å². The van der Waals surface area contributed by atoms with Gasteiger partial charge in [-0.05, 0) is 54.3 Å². The Labute approximate surface area is 179 Å². The van der Waals surface area contributed by atoms with E-state index in [2.05, 4.69) is 0 Å². The SMILES string of the molecule is Oc1ccc(-c2cn3c(O)c(Cc4ccc(F)cc4)nc3c(CC3CCCC3)n2)cc1. The van der Waals surface area contributed by atoms with E-state index in [-0.39, 0.29) is 17.4 Å². The summed E-state index contributed by atoms with van der Waals surface area (Å²) in [6, 6.07) is 13.1. The van der Waals surface area contributed by atoms with E-state index in [1.165, 1.54) is 37.8 Å². The van der Waals surface area contributed by atoms with Crippen LogP contribution in [0.1, 0.15) is 42.6 Å². The van der Waals surface area contributed by atoms with Gasteiger partial charge < -0.3 is 10.2 Å². The second-order valence-corrected chi connectivity index (χ2v) is 8.35. The summed E-state index contributed by atoms with van der Waals surface area (Å²) >= 11 is 0. The molecule has 1 saturated carbocycles. The Morgan fingerprint density at radius 3 is 2.32 bits per heavy atom. The lowest BCUT2D eigenvalue weighted by Crippen LogP contribution is -2.05. The first-order valence-corrected chi connectivity index (χ1v) is 10.7. The van der Waals surface area contributed by atoms with Crippen molar-refractivity contribution in [2.45, 2.75) is 38.5 Å². The molecule has 2 aromatic heterocycles. The van der Waals surface area contributed by atoms with Crippen molar-refractivity contribution in [1.29, 1.82) is 0 Å². The van der Waals surface area contributed by atoms with Crippen LogP contribution in [-0.2, 0) is 12.8 Å². The zero-order chi connectivity index (χ0) is 21.4. The zero-order valence-corrected chi connectivity index (χ0v) is 17.1. The molecule has 1 aliphatic carbocycles. The predicted octanol–water partition coefficient (Wildman–Crippen LogP) is 5.27. The van der Waals surface area contributed by atoms with Gasteiger partial charge in [-0.1, -0.05) is 37.8 Å². The van der Waals surface area contributed by atoms with Gasteiger partial charge in [-0.3, -0.25) is 4.40 Å². The van der Waals surface area contributed by atoms with Crippen LogP contribution in [0.25, 0.3) is 16.9 Å². The molecule has 6 heteroatoms. The molecule has 0 aliphatic heterocycles. The monoisotopic (exact) mass is 417 g/mol. The van der Waals surface area contributed by atoms with E-state index in [0.717, 1.165) is 28.9 Å². The molecule has 5 nitrogen and oxygen atoms in total. The molecule has 0 radical (unpaired) electrons. The third-order valence-corrected chi connectivity index (χ3v) is 6.12. The van der Waals surface area contributed by atoms with E-state index in [1.54, 1.807) is 34.9 Å². The third kappa shape index (κ3) is 3.98. The molecule has 1 aliphatic rings. The smallest absolute Gasteiger partial charge is 0.219 e. The van der Waals surface area contributed by atoms with Crippen LogP contribution >= 0.6 is 0 Å². The van der Waals surface area contributed by atoms with Gasteiger partial charge in [-0.2, -0.15) is 0 Å². The molecule has 0 unspecified atom stereocenters. The molecule has 0 spiro atoms. The summed E-state index contributed by atoms with van der Waals surface area (Å²) in [5, 5.41) is 20.6. The van der Waals surface area contributed by atoms with Crippen LogP contribution < -0.4 is 0 Å². The Balaban J connectivity index is 1.60. The van der Waals surface area contributed by atoms with Crippen molar-refractivity contribution in [2.75, 3.05) is 0 Å². The van der Waals surface area contributed by atoms with Crippen LogP contribution in [0.2, 0.25) is 0 Å². The highest BCUT2D eigenvalue weighted by Gasteiger charge is 2.22. The Morgan fingerprint density at radius 1 is 0.903 bits per heavy atom. The number of rotatable bonds is 5. The van der Waals surface area contributed by atoms with Crippen molar-refractivity contribution >= 4 is 5.65 Å². The van der Waals surface area contributed by atoms with Crippen molar-refractivity contribution in [3.63, 3.8) is 0 Å². The maximum atomic E-state index is 13.3. The number of hydrogen-bond donors (Lipinski definition) is 2. The summed E-state index contributed by atoms with van der Waals surface area (Å²) in [5.74, 6) is 0.563. The molecule has 5 rings (SSSR count). The molecule has 0 saturated heterocycles. The topological polar surface area (TPSA) is 70.7 Å². The van der Waals surface area contributed by atoms with Crippen molar-refractivity contribution in [1.82, 2.24) is 14.4 Å². The summed E-state index contributed by atoms with van der Waals surface area (Å²) in [4.78, 5) is 9.65. The molecule has 1 fully saturated rings. The first-order chi connectivity index (χ1) is 15.1. The van der Waals surface area contributed by atoms with Gasteiger partial charge >= 0.3 is 0 Å². The molecule has 2 N–H and O–H groups in total. The summed E-state index contributed by atoms with van der Waals surface area (Å²) in [7, 11) is 0. The number of benzene rings is 2. The minimum atomic E-state index is -0.287. The Kier molecular flexibility index (Phi) is 5.06. The number of aromatic nitrogens is 3. The van der Waals surface area contributed by atoms with Crippen LogP contribution in [0.3, 0.4) is 0 Å². The van der Waals surface area contributed by atoms with Crippen LogP contribution in [0.15, 0.2) is 54.7 Å². The highest BCUT2D eigenvalue weighted by Crippen LogP contribution is 2.32. The van der Waals surface area contributed by atoms with E-state index in [9.17, 15) is 14.6 Å². The molecule has 4 aromatic rings. The number of phenols is 1. The molecular formula is C25H24FN3O2. The highest BCUT2D eigenvalue weighted by molar-refractivity contribution is 5.63. The number of fused-ring (bicyclic) bond motifs is 1. The highest BCUT2D eigenvalue weighted by atomic mass is 19.1. The lowest BCUT2D eigenvalue weighted by Gasteiger charge is -2.12. The van der Waals surface area contributed by atoms with Gasteiger partial charge in [0.25, 0.3) is 0 Å². The maximum Gasteiger partial charge on any atom is 0.219 e. The first kappa shape index (κ1) is 19.5. The minimum Gasteiger partial charge on any atom is -0.508 e.